The van der Waals surface area contributed by atoms with Crippen LogP contribution in [0.25, 0.3) is 0 Å². The molecule has 136 valence electrons. The number of hydrogen-bond acceptors (Lipinski definition) is 5. The molecule has 1 aromatic carbocycles. The quantitative estimate of drug-likeness (QED) is 0.815. The molecule has 2 N–H and O–H groups in total. The molecule has 0 aromatic heterocycles. The maximum Gasteiger partial charge on any atom is 0.410 e. The summed E-state index contributed by atoms with van der Waals surface area (Å²) in [6, 6.07) is 2.87. The maximum atomic E-state index is 14.0. The predicted octanol–water partition coefficient (Wildman–Crippen LogP) is 0.530. The zero-order valence-corrected chi connectivity index (χ0v) is 14.4. The number of sulfonamides is 1. The van der Waals surface area contributed by atoms with Gasteiger partial charge in [-0.25, -0.2) is 22.7 Å². The van der Waals surface area contributed by atoms with Crippen LogP contribution in [-0.2, 0) is 14.8 Å². The van der Waals surface area contributed by atoms with Crippen molar-refractivity contribution >= 4 is 22.0 Å². The molecule has 2 saturated heterocycles. The lowest BCUT2D eigenvalue weighted by Gasteiger charge is -2.37. The van der Waals surface area contributed by atoms with Crippen molar-refractivity contribution in [1.29, 1.82) is 0 Å². The zero-order chi connectivity index (χ0) is 18.4. The van der Waals surface area contributed by atoms with Crippen LogP contribution >= 0.6 is 0 Å². The molecule has 2 heterocycles. The van der Waals surface area contributed by atoms with Crippen molar-refractivity contribution in [2.75, 3.05) is 26.7 Å². The van der Waals surface area contributed by atoms with Gasteiger partial charge in [-0.05, 0) is 18.2 Å². The highest BCUT2D eigenvalue weighted by molar-refractivity contribution is 7.89. The first kappa shape index (κ1) is 17.6. The van der Waals surface area contributed by atoms with E-state index in [9.17, 15) is 22.4 Å². The van der Waals surface area contributed by atoms with E-state index in [0.29, 0.717) is 19.4 Å². The molecule has 3 rings (SSSR count). The van der Waals surface area contributed by atoms with Crippen LogP contribution in [0, 0.1) is 5.82 Å². The van der Waals surface area contributed by atoms with Crippen LogP contribution < -0.4 is 5.14 Å². The maximum absolute atomic E-state index is 14.0. The van der Waals surface area contributed by atoms with Gasteiger partial charge in [0.2, 0.25) is 10.0 Å². The third kappa shape index (κ3) is 3.31. The second-order valence-corrected chi connectivity index (χ2v) is 7.95. The van der Waals surface area contributed by atoms with Gasteiger partial charge in [-0.15, -0.1) is 0 Å². The van der Waals surface area contributed by atoms with Crippen molar-refractivity contribution in [3.05, 3.63) is 29.6 Å². The Morgan fingerprint density at radius 3 is 2.48 bits per heavy atom. The number of carbonyl (C=O) groups excluding carboxylic acids is 2. The van der Waals surface area contributed by atoms with Crippen LogP contribution in [0.15, 0.2) is 23.1 Å². The Hall–Kier alpha value is -2.20. The van der Waals surface area contributed by atoms with E-state index >= 15 is 0 Å². The first-order chi connectivity index (χ1) is 11.6. The van der Waals surface area contributed by atoms with Gasteiger partial charge in [-0.2, -0.15) is 0 Å². The minimum Gasteiger partial charge on any atom is -0.441 e. The largest absolute Gasteiger partial charge is 0.441 e. The van der Waals surface area contributed by atoms with Crippen molar-refractivity contribution < 1.29 is 27.1 Å². The number of primary sulfonamides is 1. The summed E-state index contributed by atoms with van der Waals surface area (Å²) in [5.74, 6) is -1.43. The molecular formula is C15H18FN3O5S. The lowest BCUT2D eigenvalue weighted by molar-refractivity contribution is 0.00305. The van der Waals surface area contributed by atoms with Crippen molar-refractivity contribution in [1.82, 2.24) is 9.80 Å². The number of rotatable bonds is 2. The number of ether oxygens (including phenoxy) is 1. The van der Waals surface area contributed by atoms with E-state index in [0.717, 1.165) is 18.2 Å². The lowest BCUT2D eigenvalue weighted by Crippen LogP contribution is -2.48. The minimum absolute atomic E-state index is 0.277. The molecule has 1 aromatic rings. The summed E-state index contributed by atoms with van der Waals surface area (Å²) in [5.41, 5.74) is -0.966. The number of halogens is 1. The molecule has 10 heteroatoms. The molecule has 0 unspecified atom stereocenters. The molecule has 1 spiro atoms. The van der Waals surface area contributed by atoms with Crippen molar-refractivity contribution in [2.24, 2.45) is 5.14 Å². The van der Waals surface area contributed by atoms with Crippen LogP contribution in [0.4, 0.5) is 9.18 Å². The van der Waals surface area contributed by atoms with Crippen molar-refractivity contribution in [3.8, 4) is 0 Å². The number of likely N-dealkylation sites (N-methyl/N-ethyl adjacent to an activating group) is 1. The number of nitrogens with zero attached hydrogens (tertiary/aromatic N) is 2. The van der Waals surface area contributed by atoms with E-state index in [4.69, 9.17) is 9.88 Å². The number of piperidine rings is 1. The Morgan fingerprint density at radius 2 is 1.96 bits per heavy atom. The smallest absolute Gasteiger partial charge is 0.410 e. The highest BCUT2D eigenvalue weighted by Gasteiger charge is 2.46. The Bertz CT molecular complexity index is 834. The molecule has 2 amide bonds. The number of hydrogen-bond donors (Lipinski definition) is 1. The first-order valence-corrected chi connectivity index (χ1v) is 9.22. The van der Waals surface area contributed by atoms with E-state index in [1.807, 2.05) is 0 Å². The summed E-state index contributed by atoms with van der Waals surface area (Å²) in [5, 5.41) is 5.03. The van der Waals surface area contributed by atoms with Gasteiger partial charge in [-0.3, -0.25) is 4.79 Å². The molecule has 0 saturated carbocycles. The summed E-state index contributed by atoms with van der Waals surface area (Å²) in [6.07, 6.45) is 0.475. The van der Waals surface area contributed by atoms with Gasteiger partial charge in [0.25, 0.3) is 5.91 Å². The Labute approximate surface area is 144 Å². The number of benzene rings is 1. The summed E-state index contributed by atoms with van der Waals surface area (Å²) < 4.78 is 42.2. The van der Waals surface area contributed by atoms with Gasteiger partial charge >= 0.3 is 6.09 Å². The molecule has 8 nitrogen and oxygen atoms in total. The fraction of sp³-hybridized carbons (Fsp3) is 0.467. The highest BCUT2D eigenvalue weighted by atomic mass is 32.2. The molecule has 0 aliphatic carbocycles. The highest BCUT2D eigenvalue weighted by Crippen LogP contribution is 2.33. The molecule has 0 bridgehead atoms. The van der Waals surface area contributed by atoms with Crippen LogP contribution in [0.5, 0.6) is 0 Å². The van der Waals surface area contributed by atoms with Crippen LogP contribution in [-0.4, -0.2) is 62.5 Å². The van der Waals surface area contributed by atoms with Crippen LogP contribution in [0.2, 0.25) is 0 Å². The predicted molar refractivity (Wildman–Crippen MR) is 84.8 cm³/mol. The Balaban J connectivity index is 1.76. The third-order valence-electron chi connectivity index (χ3n) is 4.60. The van der Waals surface area contributed by atoms with E-state index in [-0.39, 0.29) is 23.5 Å². The zero-order valence-electron chi connectivity index (χ0n) is 13.6. The van der Waals surface area contributed by atoms with Gasteiger partial charge in [0.1, 0.15) is 11.4 Å². The standard InChI is InChI=1S/C15H18FN3O5S/c1-18-9-15(24-14(18)21)4-6-19(7-5-15)13(20)11-8-10(25(17,22)23)2-3-12(11)16/h2-3,8H,4-7,9H2,1H3,(H2,17,22,23). The fourth-order valence-electron chi connectivity index (χ4n) is 3.19. The number of likely N-dealkylation sites (tertiary alicyclic amines) is 1. The number of carbonyl (C=O) groups is 2. The Kier molecular flexibility index (Phi) is 4.20. The molecule has 0 atom stereocenters. The summed E-state index contributed by atoms with van der Waals surface area (Å²) in [4.78, 5) is 26.7. The van der Waals surface area contributed by atoms with Gasteiger partial charge in [0, 0.05) is 33.0 Å². The van der Waals surface area contributed by atoms with Gasteiger partial charge < -0.3 is 14.5 Å². The van der Waals surface area contributed by atoms with Crippen LogP contribution in [0.1, 0.15) is 23.2 Å². The lowest BCUT2D eigenvalue weighted by atomic mass is 9.91. The fourth-order valence-corrected chi connectivity index (χ4v) is 3.73. The average molecular weight is 371 g/mol. The van der Waals surface area contributed by atoms with Gasteiger partial charge in [0.15, 0.2) is 0 Å². The normalized spacial score (nSPS) is 20.0. The second kappa shape index (κ2) is 5.95. The average Bonchev–Trinajstić information content (AvgIpc) is 2.80. The van der Waals surface area contributed by atoms with Gasteiger partial charge in [0.05, 0.1) is 17.0 Å². The SMILES string of the molecule is CN1CC2(CCN(C(=O)c3cc(S(N)(=O)=O)ccc3F)CC2)OC1=O. The summed E-state index contributed by atoms with van der Waals surface area (Å²) in [7, 11) is -2.40. The molecular weight excluding hydrogens is 353 g/mol. The third-order valence-corrected chi connectivity index (χ3v) is 5.51. The van der Waals surface area contributed by atoms with Crippen LogP contribution in [0.3, 0.4) is 0 Å². The monoisotopic (exact) mass is 371 g/mol. The van der Waals surface area contributed by atoms with Crippen molar-refractivity contribution in [3.63, 3.8) is 0 Å². The summed E-state index contributed by atoms with van der Waals surface area (Å²) >= 11 is 0. The molecule has 2 aliphatic heterocycles. The Morgan fingerprint density at radius 1 is 1.32 bits per heavy atom. The van der Waals surface area contributed by atoms with Gasteiger partial charge in [-0.1, -0.05) is 0 Å². The van der Waals surface area contributed by atoms with E-state index in [1.165, 1.54) is 9.80 Å². The topological polar surface area (TPSA) is 110 Å². The van der Waals surface area contributed by atoms with E-state index in [1.54, 1.807) is 7.05 Å². The molecule has 25 heavy (non-hydrogen) atoms. The molecule has 2 fully saturated rings. The minimum atomic E-state index is -4.04. The second-order valence-electron chi connectivity index (χ2n) is 6.39. The number of amides is 2. The van der Waals surface area contributed by atoms with Crippen molar-refractivity contribution in [2.45, 2.75) is 23.3 Å². The molecule has 2 aliphatic rings. The number of nitrogens with two attached hydrogens (primary N) is 1. The summed E-state index contributed by atoms with van der Waals surface area (Å²) in [6.45, 7) is 1.00. The van der Waals surface area contributed by atoms with E-state index < -0.39 is 33.4 Å². The molecule has 0 radical (unpaired) electrons. The first-order valence-electron chi connectivity index (χ1n) is 7.67. The van der Waals surface area contributed by atoms with E-state index in [2.05, 4.69) is 0 Å².